The number of carbonyl (C=O) groups excluding carboxylic acids is 1. The number of fused-ring (bicyclic) bond motifs is 1. The number of carboxylic acid groups (broad SMARTS) is 1. The molecule has 7 nitrogen and oxygen atoms in total. The Labute approximate surface area is 167 Å². The van der Waals surface area contributed by atoms with Crippen LogP contribution in [-0.4, -0.2) is 31.5 Å². The first-order valence-electron chi connectivity index (χ1n) is 8.63. The Bertz CT molecular complexity index is 1300. The fraction of sp³-hybridized carbons (Fsp3) is 0.150. The molecule has 3 aromatic heterocycles. The molecule has 1 aliphatic rings. The molecule has 0 fully saturated rings. The van der Waals surface area contributed by atoms with E-state index in [1.165, 1.54) is 0 Å². The lowest BCUT2D eigenvalue weighted by Gasteiger charge is -2.25. The maximum absolute atomic E-state index is 12.9. The number of aromatic nitrogens is 2. The third-order valence-corrected chi connectivity index (χ3v) is 5.96. The molecule has 140 valence electrons. The van der Waals surface area contributed by atoms with Crippen LogP contribution in [0.3, 0.4) is 0 Å². The van der Waals surface area contributed by atoms with E-state index < -0.39 is 5.97 Å². The fourth-order valence-corrected chi connectivity index (χ4v) is 4.19. The van der Waals surface area contributed by atoms with E-state index >= 15 is 0 Å². The molecule has 1 aliphatic heterocycles. The van der Waals surface area contributed by atoms with Gasteiger partial charge in [0, 0.05) is 22.6 Å². The van der Waals surface area contributed by atoms with Crippen LogP contribution in [0.4, 0.5) is 0 Å². The van der Waals surface area contributed by atoms with Crippen molar-refractivity contribution in [2.75, 3.05) is 0 Å². The SMILES string of the molecule is Cc1c(Br)cc(C(=O)O)c2oc(CN3Cc4cccn5ncc(c45)C3=O)cc12. The Morgan fingerprint density at radius 3 is 3.00 bits per heavy atom. The zero-order valence-electron chi connectivity index (χ0n) is 14.8. The second-order valence-corrected chi connectivity index (χ2v) is 7.69. The molecule has 28 heavy (non-hydrogen) atoms. The van der Waals surface area contributed by atoms with Crippen LogP contribution in [0, 0.1) is 6.92 Å². The Morgan fingerprint density at radius 1 is 1.39 bits per heavy atom. The van der Waals surface area contributed by atoms with E-state index in [-0.39, 0.29) is 18.0 Å². The van der Waals surface area contributed by atoms with Gasteiger partial charge in [0.15, 0.2) is 0 Å². The van der Waals surface area contributed by atoms with Crippen LogP contribution in [0.25, 0.3) is 16.5 Å². The van der Waals surface area contributed by atoms with Gasteiger partial charge in [-0.3, -0.25) is 4.79 Å². The van der Waals surface area contributed by atoms with Gasteiger partial charge in [-0.25, -0.2) is 9.31 Å². The first-order chi connectivity index (χ1) is 13.4. The molecule has 4 heterocycles. The average Bonchev–Trinajstić information content (AvgIpc) is 3.28. The fourth-order valence-electron chi connectivity index (χ4n) is 3.75. The summed E-state index contributed by atoms with van der Waals surface area (Å²) in [5.41, 5.74) is 3.71. The summed E-state index contributed by atoms with van der Waals surface area (Å²) < 4.78 is 8.29. The summed E-state index contributed by atoms with van der Waals surface area (Å²) in [5, 5.41) is 14.5. The topological polar surface area (TPSA) is 88.1 Å². The predicted molar refractivity (Wildman–Crippen MR) is 104 cm³/mol. The van der Waals surface area contributed by atoms with Gasteiger partial charge in [-0.1, -0.05) is 22.0 Å². The van der Waals surface area contributed by atoms with E-state index in [1.54, 1.807) is 21.7 Å². The normalized spacial score (nSPS) is 13.6. The number of nitrogens with zero attached hydrogens (tertiary/aromatic N) is 3. The molecule has 0 bridgehead atoms. The van der Waals surface area contributed by atoms with Crippen molar-refractivity contribution < 1.29 is 19.1 Å². The van der Waals surface area contributed by atoms with E-state index in [0.29, 0.717) is 27.9 Å². The average molecular weight is 440 g/mol. The summed E-state index contributed by atoms with van der Waals surface area (Å²) in [7, 11) is 0. The van der Waals surface area contributed by atoms with Crippen molar-refractivity contribution in [3.63, 3.8) is 0 Å². The third kappa shape index (κ3) is 2.37. The minimum Gasteiger partial charge on any atom is -0.478 e. The smallest absolute Gasteiger partial charge is 0.339 e. The molecule has 1 amide bonds. The number of carboxylic acids is 1. The number of aromatic carboxylic acids is 1. The molecular formula is C20H14BrN3O4. The zero-order valence-corrected chi connectivity index (χ0v) is 16.4. The second-order valence-electron chi connectivity index (χ2n) is 6.84. The minimum absolute atomic E-state index is 0.0902. The van der Waals surface area contributed by atoms with Crippen molar-refractivity contribution >= 4 is 44.3 Å². The molecule has 4 aromatic rings. The number of amides is 1. The minimum atomic E-state index is -1.06. The van der Waals surface area contributed by atoms with E-state index in [0.717, 1.165) is 22.0 Å². The quantitative estimate of drug-likeness (QED) is 0.520. The van der Waals surface area contributed by atoms with Crippen molar-refractivity contribution in [1.29, 1.82) is 0 Å². The molecule has 8 heteroatoms. The lowest BCUT2D eigenvalue weighted by atomic mass is 10.1. The van der Waals surface area contributed by atoms with Crippen LogP contribution in [0.15, 0.2) is 45.5 Å². The second kappa shape index (κ2) is 5.93. The number of pyridine rings is 1. The summed E-state index contributed by atoms with van der Waals surface area (Å²) in [4.78, 5) is 26.2. The Kier molecular flexibility index (Phi) is 3.60. The van der Waals surface area contributed by atoms with Gasteiger partial charge in [-0.05, 0) is 36.2 Å². The number of carbonyl (C=O) groups is 2. The number of halogens is 1. The summed E-state index contributed by atoms with van der Waals surface area (Å²) in [6.45, 7) is 2.58. The van der Waals surface area contributed by atoms with Crippen molar-refractivity contribution in [2.24, 2.45) is 0 Å². The van der Waals surface area contributed by atoms with Gasteiger partial charge in [0.2, 0.25) is 0 Å². The highest BCUT2D eigenvalue weighted by molar-refractivity contribution is 9.10. The van der Waals surface area contributed by atoms with E-state index in [1.807, 2.05) is 31.3 Å². The Morgan fingerprint density at radius 2 is 2.21 bits per heavy atom. The van der Waals surface area contributed by atoms with Crippen LogP contribution in [0.5, 0.6) is 0 Å². The number of hydrogen-bond donors (Lipinski definition) is 1. The summed E-state index contributed by atoms with van der Waals surface area (Å²) in [6, 6.07) is 7.22. The summed E-state index contributed by atoms with van der Waals surface area (Å²) in [5.74, 6) is -0.641. The molecule has 0 saturated heterocycles. The molecular weight excluding hydrogens is 426 g/mol. The van der Waals surface area contributed by atoms with Crippen LogP contribution in [0.1, 0.15) is 37.6 Å². The van der Waals surface area contributed by atoms with Gasteiger partial charge in [0.05, 0.1) is 23.8 Å². The maximum atomic E-state index is 12.9. The van der Waals surface area contributed by atoms with Crippen molar-refractivity contribution in [1.82, 2.24) is 14.5 Å². The van der Waals surface area contributed by atoms with Gasteiger partial charge in [0.25, 0.3) is 5.91 Å². The number of aryl methyl sites for hydroxylation is 1. The highest BCUT2D eigenvalue weighted by atomic mass is 79.9. The predicted octanol–water partition coefficient (Wildman–Crippen LogP) is 4.01. The van der Waals surface area contributed by atoms with E-state index in [9.17, 15) is 14.7 Å². The van der Waals surface area contributed by atoms with Gasteiger partial charge < -0.3 is 14.4 Å². The summed E-state index contributed by atoms with van der Waals surface area (Å²) >= 11 is 3.40. The van der Waals surface area contributed by atoms with Crippen LogP contribution >= 0.6 is 15.9 Å². The van der Waals surface area contributed by atoms with Crippen molar-refractivity contribution in [3.05, 3.63) is 69.1 Å². The van der Waals surface area contributed by atoms with E-state index in [2.05, 4.69) is 21.0 Å². The standard InChI is InChI=1S/C20H14BrN3O4/c1-10-13-5-12(28-18(13)14(20(26)27)6-16(10)21)9-23-8-11-3-2-4-24-17(11)15(7-22-24)19(23)25/h2-7H,8-9H2,1H3,(H,26,27). The van der Waals surface area contributed by atoms with Crippen LogP contribution in [-0.2, 0) is 13.1 Å². The lowest BCUT2D eigenvalue weighted by Crippen LogP contribution is -2.33. The maximum Gasteiger partial charge on any atom is 0.339 e. The van der Waals surface area contributed by atoms with Gasteiger partial charge in [0.1, 0.15) is 16.9 Å². The molecule has 0 atom stereocenters. The van der Waals surface area contributed by atoms with Crippen molar-refractivity contribution in [2.45, 2.75) is 20.0 Å². The Hall–Kier alpha value is -3.13. The Balaban J connectivity index is 1.56. The largest absolute Gasteiger partial charge is 0.478 e. The van der Waals surface area contributed by atoms with Gasteiger partial charge in [-0.15, -0.1) is 0 Å². The third-order valence-electron chi connectivity index (χ3n) is 5.14. The monoisotopic (exact) mass is 439 g/mol. The van der Waals surface area contributed by atoms with Crippen molar-refractivity contribution in [3.8, 4) is 0 Å². The summed E-state index contributed by atoms with van der Waals surface area (Å²) in [6.07, 6.45) is 3.40. The molecule has 5 rings (SSSR count). The molecule has 1 N–H and O–H groups in total. The number of furan rings is 1. The molecule has 0 aliphatic carbocycles. The van der Waals surface area contributed by atoms with Crippen LogP contribution in [0.2, 0.25) is 0 Å². The molecule has 1 aromatic carbocycles. The van der Waals surface area contributed by atoms with Gasteiger partial charge in [-0.2, -0.15) is 5.10 Å². The zero-order chi connectivity index (χ0) is 19.6. The number of hydrogen-bond acceptors (Lipinski definition) is 4. The molecule has 0 radical (unpaired) electrons. The molecule has 0 spiro atoms. The first-order valence-corrected chi connectivity index (χ1v) is 9.42. The highest BCUT2D eigenvalue weighted by Crippen LogP contribution is 2.33. The number of benzene rings is 1. The highest BCUT2D eigenvalue weighted by Gasteiger charge is 2.28. The molecule has 0 saturated carbocycles. The number of rotatable bonds is 3. The van der Waals surface area contributed by atoms with Gasteiger partial charge >= 0.3 is 5.97 Å². The van der Waals surface area contributed by atoms with E-state index in [4.69, 9.17) is 4.42 Å². The first kappa shape index (κ1) is 17.0. The molecule has 0 unspecified atom stereocenters. The lowest BCUT2D eigenvalue weighted by molar-refractivity contribution is 0.0690. The van der Waals surface area contributed by atoms with Crippen LogP contribution < -0.4 is 0 Å².